The molecule has 1 unspecified atom stereocenters. The minimum atomic E-state index is -0.488. The lowest BCUT2D eigenvalue weighted by Gasteiger charge is -2.28. The summed E-state index contributed by atoms with van der Waals surface area (Å²) in [5, 5.41) is 17.0. The molecule has 0 saturated heterocycles. The molecule has 2 amide bonds. The van der Waals surface area contributed by atoms with Crippen molar-refractivity contribution in [3.8, 4) is 5.75 Å². The van der Waals surface area contributed by atoms with Crippen molar-refractivity contribution in [2.75, 3.05) is 18.5 Å². The summed E-state index contributed by atoms with van der Waals surface area (Å²) in [6.45, 7) is 3.10. The fraction of sp³-hybridized carbons (Fsp3) is 0.333. The summed E-state index contributed by atoms with van der Waals surface area (Å²) in [6, 6.07) is 6.92. The van der Waals surface area contributed by atoms with Crippen molar-refractivity contribution < 1.29 is 19.4 Å². The van der Waals surface area contributed by atoms with Crippen LogP contribution in [0.1, 0.15) is 39.5 Å². The highest BCUT2D eigenvalue weighted by Crippen LogP contribution is 2.41. The first-order chi connectivity index (χ1) is 12.6. The number of benzene rings is 1. The number of anilines is 1. The number of aromatic hydroxyl groups is 1. The van der Waals surface area contributed by atoms with E-state index in [4.69, 9.17) is 4.74 Å². The van der Waals surface area contributed by atoms with Gasteiger partial charge in [0.25, 0.3) is 5.91 Å². The number of para-hydroxylation sites is 1. The number of hydrogen-bond donors (Lipinski definition) is 3. The SMILES string of the molecule is CCOC(=O)N1CCc2c(sc3c2C(=O)NC(c2ccccc2O)N3)C1. The number of carbonyl (C=O) groups excluding carboxylic acids is 2. The van der Waals surface area contributed by atoms with Gasteiger partial charge in [-0.2, -0.15) is 0 Å². The smallest absolute Gasteiger partial charge is 0.410 e. The number of phenols is 1. The van der Waals surface area contributed by atoms with Crippen molar-refractivity contribution in [1.29, 1.82) is 0 Å². The fourth-order valence-corrected chi connectivity index (χ4v) is 4.66. The standard InChI is InChI=1S/C18H19N3O4S/c1-2-25-18(24)21-8-7-11-13(9-21)26-17-14(11)16(23)19-15(20-17)10-5-3-4-6-12(10)22/h3-6,15,20,22H,2,7-9H2,1H3,(H,19,23). The van der Waals surface area contributed by atoms with Gasteiger partial charge in [0.15, 0.2) is 0 Å². The van der Waals surface area contributed by atoms with Gasteiger partial charge in [-0.1, -0.05) is 18.2 Å². The average molecular weight is 373 g/mol. The first-order valence-corrected chi connectivity index (χ1v) is 9.31. The number of ether oxygens (including phenoxy) is 1. The highest BCUT2D eigenvalue weighted by atomic mass is 32.1. The molecular weight excluding hydrogens is 354 g/mol. The van der Waals surface area contributed by atoms with Gasteiger partial charge >= 0.3 is 6.09 Å². The molecule has 2 aromatic rings. The first kappa shape index (κ1) is 16.7. The third-order valence-corrected chi connectivity index (χ3v) is 5.76. The van der Waals surface area contributed by atoms with Crippen molar-refractivity contribution in [1.82, 2.24) is 10.2 Å². The Balaban J connectivity index is 1.62. The van der Waals surface area contributed by atoms with Gasteiger partial charge in [0.05, 0.1) is 18.7 Å². The van der Waals surface area contributed by atoms with Crippen LogP contribution in [0.4, 0.5) is 9.80 Å². The van der Waals surface area contributed by atoms with E-state index in [1.54, 1.807) is 30.0 Å². The van der Waals surface area contributed by atoms with Gasteiger partial charge < -0.3 is 25.4 Å². The number of nitrogens with one attached hydrogen (secondary N) is 2. The van der Waals surface area contributed by atoms with Gasteiger partial charge in [0.1, 0.15) is 16.9 Å². The molecular formula is C18H19N3O4S. The van der Waals surface area contributed by atoms with Crippen LogP contribution in [-0.4, -0.2) is 35.2 Å². The average Bonchev–Trinajstić information content (AvgIpc) is 3.00. The van der Waals surface area contributed by atoms with Gasteiger partial charge in [0.2, 0.25) is 0 Å². The van der Waals surface area contributed by atoms with Crippen LogP contribution in [0, 0.1) is 0 Å². The van der Waals surface area contributed by atoms with Crippen LogP contribution in [0.5, 0.6) is 5.75 Å². The molecule has 2 aliphatic rings. The predicted octanol–water partition coefficient (Wildman–Crippen LogP) is 2.82. The van der Waals surface area contributed by atoms with Crippen LogP contribution in [0.15, 0.2) is 24.3 Å². The Morgan fingerprint density at radius 2 is 2.19 bits per heavy atom. The summed E-state index contributed by atoms with van der Waals surface area (Å²) in [6.07, 6.45) is -0.192. The highest BCUT2D eigenvalue weighted by Gasteiger charge is 2.35. The van der Waals surface area contributed by atoms with Crippen molar-refractivity contribution in [3.63, 3.8) is 0 Å². The van der Waals surface area contributed by atoms with E-state index in [1.807, 2.05) is 6.07 Å². The molecule has 2 aliphatic heterocycles. The van der Waals surface area contributed by atoms with Crippen LogP contribution in [-0.2, 0) is 17.7 Å². The largest absolute Gasteiger partial charge is 0.508 e. The van der Waals surface area contributed by atoms with E-state index in [-0.39, 0.29) is 17.7 Å². The van der Waals surface area contributed by atoms with Gasteiger partial charge in [0, 0.05) is 17.0 Å². The van der Waals surface area contributed by atoms with Gasteiger partial charge in [-0.05, 0) is 25.0 Å². The number of fused-ring (bicyclic) bond motifs is 3. The number of rotatable bonds is 2. The summed E-state index contributed by atoms with van der Waals surface area (Å²) in [5.74, 6) is -0.0300. The number of nitrogens with zero attached hydrogens (tertiary/aromatic N) is 1. The minimum absolute atomic E-state index is 0.128. The second-order valence-corrected chi connectivity index (χ2v) is 7.29. The number of hydrogen-bond acceptors (Lipinski definition) is 6. The third kappa shape index (κ3) is 2.76. The molecule has 3 N–H and O–H groups in total. The number of phenolic OH excluding ortho intramolecular Hbond substituents is 1. The van der Waals surface area contributed by atoms with Crippen LogP contribution in [0.25, 0.3) is 0 Å². The molecule has 1 aromatic heterocycles. The molecule has 4 rings (SSSR count). The Hall–Kier alpha value is -2.74. The highest BCUT2D eigenvalue weighted by molar-refractivity contribution is 7.16. The molecule has 1 aromatic carbocycles. The van der Waals surface area contributed by atoms with E-state index in [9.17, 15) is 14.7 Å². The van der Waals surface area contributed by atoms with Crippen LogP contribution in [0.3, 0.4) is 0 Å². The predicted molar refractivity (Wildman–Crippen MR) is 97.4 cm³/mol. The first-order valence-electron chi connectivity index (χ1n) is 8.50. The minimum Gasteiger partial charge on any atom is -0.508 e. The molecule has 1 atom stereocenters. The Labute approximate surface area is 154 Å². The number of thiophene rings is 1. The van der Waals surface area contributed by atoms with Gasteiger partial charge in [-0.25, -0.2) is 4.79 Å². The van der Waals surface area contributed by atoms with Crippen molar-refractivity contribution >= 4 is 28.3 Å². The molecule has 3 heterocycles. The summed E-state index contributed by atoms with van der Waals surface area (Å²) in [7, 11) is 0. The van der Waals surface area contributed by atoms with E-state index in [0.717, 1.165) is 15.4 Å². The Morgan fingerprint density at radius 3 is 2.96 bits per heavy atom. The lowest BCUT2D eigenvalue weighted by molar-refractivity contribution is 0.0934. The molecule has 0 bridgehead atoms. The molecule has 0 fully saturated rings. The van der Waals surface area contributed by atoms with E-state index in [1.165, 1.54) is 11.3 Å². The van der Waals surface area contributed by atoms with Crippen LogP contribution in [0.2, 0.25) is 0 Å². The zero-order valence-electron chi connectivity index (χ0n) is 14.2. The molecule has 0 aliphatic carbocycles. The van der Waals surface area contributed by atoms with Crippen molar-refractivity contribution in [2.45, 2.75) is 26.1 Å². The Kier molecular flexibility index (Phi) is 4.20. The van der Waals surface area contributed by atoms with Crippen LogP contribution >= 0.6 is 11.3 Å². The molecule has 26 heavy (non-hydrogen) atoms. The van der Waals surface area contributed by atoms with Crippen molar-refractivity contribution in [2.24, 2.45) is 0 Å². The summed E-state index contributed by atoms with van der Waals surface area (Å²) >= 11 is 1.48. The van der Waals surface area contributed by atoms with Gasteiger partial charge in [-0.15, -0.1) is 11.3 Å². The number of amides is 2. The van der Waals surface area contributed by atoms with E-state index >= 15 is 0 Å². The quantitative estimate of drug-likeness (QED) is 0.753. The van der Waals surface area contributed by atoms with E-state index in [0.29, 0.717) is 37.2 Å². The topological polar surface area (TPSA) is 90.9 Å². The normalized spacial score (nSPS) is 18.4. The van der Waals surface area contributed by atoms with Gasteiger partial charge in [-0.3, -0.25) is 4.79 Å². The summed E-state index contributed by atoms with van der Waals surface area (Å²) < 4.78 is 5.08. The lowest BCUT2D eigenvalue weighted by atomic mass is 10.0. The zero-order valence-corrected chi connectivity index (χ0v) is 15.1. The molecule has 0 spiro atoms. The zero-order chi connectivity index (χ0) is 18.3. The Morgan fingerprint density at radius 1 is 1.38 bits per heavy atom. The maximum absolute atomic E-state index is 12.7. The number of carbonyl (C=O) groups is 2. The molecule has 0 saturated carbocycles. The maximum Gasteiger partial charge on any atom is 0.410 e. The fourth-order valence-electron chi connectivity index (χ4n) is 3.37. The van der Waals surface area contributed by atoms with E-state index < -0.39 is 6.17 Å². The third-order valence-electron chi connectivity index (χ3n) is 4.61. The van der Waals surface area contributed by atoms with Crippen LogP contribution < -0.4 is 10.6 Å². The summed E-state index contributed by atoms with van der Waals surface area (Å²) in [4.78, 5) is 27.3. The monoisotopic (exact) mass is 373 g/mol. The molecule has 8 heteroatoms. The lowest BCUT2D eigenvalue weighted by Crippen LogP contribution is -2.39. The molecule has 136 valence electrons. The molecule has 0 radical (unpaired) electrons. The second kappa shape index (κ2) is 6.53. The maximum atomic E-state index is 12.7. The summed E-state index contributed by atoms with van der Waals surface area (Å²) in [5.41, 5.74) is 2.26. The Bertz CT molecular complexity index is 879. The van der Waals surface area contributed by atoms with Crippen molar-refractivity contribution in [3.05, 3.63) is 45.8 Å². The second-order valence-electron chi connectivity index (χ2n) is 6.19. The molecule has 7 nitrogen and oxygen atoms in total. The van der Waals surface area contributed by atoms with E-state index in [2.05, 4.69) is 10.6 Å².